The van der Waals surface area contributed by atoms with E-state index < -0.39 is 0 Å². The summed E-state index contributed by atoms with van der Waals surface area (Å²) < 4.78 is 0. The quantitative estimate of drug-likeness (QED) is 0.872. The Morgan fingerprint density at radius 2 is 1.96 bits per heavy atom. The van der Waals surface area contributed by atoms with Crippen LogP contribution in [0.2, 0.25) is 0 Å². The van der Waals surface area contributed by atoms with Gasteiger partial charge in [-0.3, -0.25) is 9.59 Å². The van der Waals surface area contributed by atoms with Gasteiger partial charge in [0.2, 0.25) is 11.8 Å². The number of rotatable bonds is 6. The van der Waals surface area contributed by atoms with Gasteiger partial charge in [-0.1, -0.05) is 50.1 Å². The van der Waals surface area contributed by atoms with Crippen LogP contribution < -0.4 is 5.32 Å². The van der Waals surface area contributed by atoms with Crippen LogP contribution in [0.15, 0.2) is 30.3 Å². The van der Waals surface area contributed by atoms with Gasteiger partial charge in [-0.2, -0.15) is 0 Å². The molecule has 1 saturated heterocycles. The molecule has 2 amide bonds. The highest BCUT2D eigenvalue weighted by atomic mass is 16.2. The molecule has 1 saturated carbocycles. The smallest absolute Gasteiger partial charge is 0.225 e. The minimum atomic E-state index is -0.175. The van der Waals surface area contributed by atoms with E-state index in [2.05, 4.69) is 24.4 Å². The Bertz CT molecular complexity index is 566. The molecule has 2 atom stereocenters. The first-order valence-corrected chi connectivity index (χ1v) is 9.31. The molecule has 0 bridgehead atoms. The van der Waals surface area contributed by atoms with Crippen LogP contribution in [0, 0.1) is 5.92 Å². The van der Waals surface area contributed by atoms with Crippen molar-refractivity contribution < 1.29 is 9.59 Å². The van der Waals surface area contributed by atoms with E-state index in [-0.39, 0.29) is 17.7 Å². The molecule has 2 aliphatic rings. The van der Waals surface area contributed by atoms with E-state index in [4.69, 9.17) is 0 Å². The third-order valence-electron chi connectivity index (χ3n) is 5.58. The van der Waals surface area contributed by atoms with Crippen molar-refractivity contribution in [3.63, 3.8) is 0 Å². The molecule has 4 nitrogen and oxygen atoms in total. The average Bonchev–Trinajstić information content (AvgIpc) is 3.25. The molecule has 1 N–H and O–H groups in total. The van der Waals surface area contributed by atoms with Crippen LogP contribution in [0.25, 0.3) is 0 Å². The Kier molecular flexibility index (Phi) is 5.54. The van der Waals surface area contributed by atoms with Crippen LogP contribution in [-0.4, -0.2) is 35.8 Å². The zero-order valence-electron chi connectivity index (χ0n) is 14.5. The lowest BCUT2D eigenvalue weighted by Crippen LogP contribution is -2.37. The second kappa shape index (κ2) is 7.82. The molecule has 0 spiro atoms. The SMILES string of the molecule is CCC(CNC(=O)C1CC(=O)N(C2CCCC2)C1)c1ccccc1. The zero-order chi connectivity index (χ0) is 16.9. The minimum absolute atomic E-state index is 0.0400. The summed E-state index contributed by atoms with van der Waals surface area (Å²) in [5, 5.41) is 3.09. The summed E-state index contributed by atoms with van der Waals surface area (Å²) in [6, 6.07) is 10.7. The van der Waals surface area contributed by atoms with E-state index in [9.17, 15) is 9.59 Å². The van der Waals surface area contributed by atoms with Crippen molar-refractivity contribution in [3.8, 4) is 0 Å². The van der Waals surface area contributed by atoms with Crippen molar-refractivity contribution in [1.82, 2.24) is 10.2 Å². The first kappa shape index (κ1) is 17.0. The first-order valence-electron chi connectivity index (χ1n) is 9.31. The molecular formula is C20H28N2O2. The normalized spacial score (nSPS) is 22.8. The van der Waals surface area contributed by atoms with E-state index in [0.29, 0.717) is 31.5 Å². The number of nitrogens with zero attached hydrogens (tertiary/aromatic N) is 1. The molecule has 24 heavy (non-hydrogen) atoms. The predicted molar refractivity (Wildman–Crippen MR) is 94.6 cm³/mol. The van der Waals surface area contributed by atoms with Crippen molar-refractivity contribution in [2.24, 2.45) is 5.92 Å². The Morgan fingerprint density at radius 1 is 1.25 bits per heavy atom. The van der Waals surface area contributed by atoms with Crippen LogP contribution in [0.3, 0.4) is 0 Å². The third kappa shape index (κ3) is 3.80. The number of hydrogen-bond donors (Lipinski definition) is 1. The van der Waals surface area contributed by atoms with Crippen LogP contribution in [0.4, 0.5) is 0 Å². The first-order chi connectivity index (χ1) is 11.7. The fourth-order valence-corrected chi connectivity index (χ4v) is 4.07. The maximum absolute atomic E-state index is 12.5. The third-order valence-corrected chi connectivity index (χ3v) is 5.58. The van der Waals surface area contributed by atoms with Gasteiger partial charge in [0.1, 0.15) is 0 Å². The van der Waals surface area contributed by atoms with Gasteiger partial charge in [0.25, 0.3) is 0 Å². The maximum Gasteiger partial charge on any atom is 0.225 e. The molecule has 1 aromatic carbocycles. The van der Waals surface area contributed by atoms with Crippen LogP contribution in [-0.2, 0) is 9.59 Å². The topological polar surface area (TPSA) is 49.4 Å². The molecule has 1 aromatic rings. The Morgan fingerprint density at radius 3 is 2.62 bits per heavy atom. The van der Waals surface area contributed by atoms with E-state index in [1.54, 1.807) is 0 Å². The fraction of sp³-hybridized carbons (Fsp3) is 0.600. The highest BCUT2D eigenvalue weighted by Gasteiger charge is 2.38. The summed E-state index contributed by atoms with van der Waals surface area (Å²) in [5.74, 6) is 0.361. The molecule has 3 rings (SSSR count). The number of carbonyl (C=O) groups excluding carboxylic acids is 2. The molecule has 2 unspecified atom stereocenters. The molecule has 0 aromatic heterocycles. The number of amides is 2. The zero-order valence-corrected chi connectivity index (χ0v) is 14.5. The summed E-state index contributed by atoms with van der Waals surface area (Å²) in [6.07, 6.45) is 5.99. The van der Waals surface area contributed by atoms with Gasteiger partial charge < -0.3 is 10.2 Å². The van der Waals surface area contributed by atoms with Crippen LogP contribution >= 0.6 is 0 Å². The van der Waals surface area contributed by atoms with E-state index in [0.717, 1.165) is 19.3 Å². The number of hydrogen-bond acceptors (Lipinski definition) is 2. The molecule has 4 heteroatoms. The Hall–Kier alpha value is -1.84. The molecule has 2 fully saturated rings. The Labute approximate surface area is 144 Å². The van der Waals surface area contributed by atoms with Gasteiger partial charge in [0, 0.05) is 31.5 Å². The van der Waals surface area contributed by atoms with Gasteiger partial charge in [-0.15, -0.1) is 0 Å². The van der Waals surface area contributed by atoms with Gasteiger partial charge in [0.15, 0.2) is 0 Å². The summed E-state index contributed by atoms with van der Waals surface area (Å²) >= 11 is 0. The fourth-order valence-electron chi connectivity index (χ4n) is 4.07. The number of nitrogens with one attached hydrogen (secondary N) is 1. The highest BCUT2D eigenvalue weighted by molar-refractivity contribution is 5.89. The van der Waals surface area contributed by atoms with Crippen molar-refractivity contribution >= 4 is 11.8 Å². The van der Waals surface area contributed by atoms with Crippen molar-refractivity contribution in [1.29, 1.82) is 0 Å². The standard InChI is InChI=1S/C20H28N2O2/c1-2-15(16-8-4-3-5-9-16)13-21-20(24)17-12-19(23)22(14-17)18-10-6-7-11-18/h3-5,8-9,15,17-18H,2,6-7,10-14H2,1H3,(H,21,24). The summed E-state index contributed by atoms with van der Waals surface area (Å²) in [7, 11) is 0. The van der Waals surface area contributed by atoms with Crippen LogP contribution in [0.5, 0.6) is 0 Å². The van der Waals surface area contributed by atoms with Crippen molar-refractivity contribution in [2.45, 2.75) is 57.4 Å². The lowest BCUT2D eigenvalue weighted by Gasteiger charge is -2.24. The van der Waals surface area contributed by atoms with Gasteiger partial charge in [-0.25, -0.2) is 0 Å². The van der Waals surface area contributed by atoms with Crippen molar-refractivity contribution in [3.05, 3.63) is 35.9 Å². The second-order valence-electron chi connectivity index (χ2n) is 7.15. The highest BCUT2D eigenvalue weighted by Crippen LogP contribution is 2.29. The molecule has 130 valence electrons. The number of carbonyl (C=O) groups is 2. The molecule has 0 radical (unpaired) electrons. The number of likely N-dealkylation sites (tertiary alicyclic amines) is 1. The molecule has 1 heterocycles. The van der Waals surface area contributed by atoms with Gasteiger partial charge in [-0.05, 0) is 24.8 Å². The summed E-state index contributed by atoms with van der Waals surface area (Å²) in [5.41, 5.74) is 1.26. The van der Waals surface area contributed by atoms with Crippen molar-refractivity contribution in [2.75, 3.05) is 13.1 Å². The average molecular weight is 328 g/mol. The number of benzene rings is 1. The molecule has 1 aliphatic heterocycles. The Balaban J connectivity index is 1.52. The van der Waals surface area contributed by atoms with Gasteiger partial charge >= 0.3 is 0 Å². The maximum atomic E-state index is 12.5. The van der Waals surface area contributed by atoms with E-state index in [1.165, 1.54) is 18.4 Å². The lowest BCUT2D eigenvalue weighted by molar-refractivity contribution is -0.130. The molecule has 1 aliphatic carbocycles. The summed E-state index contributed by atoms with van der Waals surface area (Å²) in [4.78, 5) is 26.7. The lowest BCUT2D eigenvalue weighted by atomic mass is 9.96. The van der Waals surface area contributed by atoms with E-state index >= 15 is 0 Å². The van der Waals surface area contributed by atoms with Gasteiger partial charge in [0.05, 0.1) is 5.92 Å². The van der Waals surface area contributed by atoms with Crippen LogP contribution in [0.1, 0.15) is 56.9 Å². The largest absolute Gasteiger partial charge is 0.355 e. The van der Waals surface area contributed by atoms with E-state index in [1.807, 2.05) is 23.1 Å². The predicted octanol–water partition coefficient (Wildman–Crippen LogP) is 3.09. The summed E-state index contributed by atoms with van der Waals surface area (Å²) in [6.45, 7) is 3.40. The minimum Gasteiger partial charge on any atom is -0.355 e. The molecular weight excluding hydrogens is 300 g/mol. The monoisotopic (exact) mass is 328 g/mol. The second-order valence-corrected chi connectivity index (χ2v) is 7.15.